The highest BCUT2D eigenvalue weighted by atomic mass is 32.2. The Morgan fingerprint density at radius 3 is 2.39 bits per heavy atom. The maximum Gasteiger partial charge on any atom is 0.220 e. The van der Waals surface area contributed by atoms with Gasteiger partial charge in [0.2, 0.25) is 11.8 Å². The number of aliphatic hydroxyl groups excluding tert-OH is 2. The van der Waals surface area contributed by atoms with Crippen molar-refractivity contribution in [3.63, 3.8) is 0 Å². The van der Waals surface area contributed by atoms with Gasteiger partial charge in [0.15, 0.2) is 6.29 Å². The number of aliphatic hydroxyl groups is 2. The fraction of sp³-hybridized carbons (Fsp3) is 0.429. The highest BCUT2D eigenvalue weighted by molar-refractivity contribution is 7.99. The van der Waals surface area contributed by atoms with Crippen molar-refractivity contribution in [2.24, 2.45) is 0 Å². The molecule has 236 valence electrons. The van der Waals surface area contributed by atoms with Crippen molar-refractivity contribution in [3.8, 4) is 11.1 Å². The van der Waals surface area contributed by atoms with E-state index in [4.69, 9.17) is 9.47 Å². The zero-order valence-electron chi connectivity index (χ0n) is 25.4. The van der Waals surface area contributed by atoms with E-state index in [0.29, 0.717) is 31.7 Å². The van der Waals surface area contributed by atoms with Crippen LogP contribution in [0.25, 0.3) is 11.1 Å². The molecule has 2 amide bonds. The summed E-state index contributed by atoms with van der Waals surface area (Å²) in [5.41, 5.74) is 5.92. The molecule has 8 nitrogen and oxygen atoms in total. The molecule has 44 heavy (non-hydrogen) atoms. The predicted molar refractivity (Wildman–Crippen MR) is 174 cm³/mol. The van der Waals surface area contributed by atoms with Gasteiger partial charge >= 0.3 is 0 Å². The molecule has 1 fully saturated rings. The molecule has 0 spiro atoms. The maximum atomic E-state index is 12.4. The second kappa shape index (κ2) is 17.9. The minimum absolute atomic E-state index is 0.000450. The molecule has 0 saturated carbocycles. The molecule has 1 saturated heterocycles. The first-order chi connectivity index (χ1) is 21.4. The summed E-state index contributed by atoms with van der Waals surface area (Å²) in [5, 5.41) is 24.5. The molecule has 0 aliphatic carbocycles. The number of carbonyl (C=O) groups excluding carboxylic acids is 2. The van der Waals surface area contributed by atoms with Crippen molar-refractivity contribution in [3.05, 3.63) is 95.1 Å². The number of amides is 2. The van der Waals surface area contributed by atoms with E-state index >= 15 is 0 Å². The van der Waals surface area contributed by atoms with Crippen LogP contribution in [0.5, 0.6) is 0 Å². The van der Waals surface area contributed by atoms with Gasteiger partial charge in [-0.15, -0.1) is 0 Å². The lowest BCUT2D eigenvalue weighted by Gasteiger charge is -2.36. The average Bonchev–Trinajstić information content (AvgIpc) is 3.05. The van der Waals surface area contributed by atoms with Crippen LogP contribution in [0.3, 0.4) is 0 Å². The van der Waals surface area contributed by atoms with Crippen molar-refractivity contribution in [2.45, 2.75) is 70.7 Å². The molecule has 0 aromatic heterocycles. The normalized spacial score (nSPS) is 18.1. The molecule has 1 aliphatic rings. The molecule has 1 heterocycles. The summed E-state index contributed by atoms with van der Waals surface area (Å²) in [4.78, 5) is 23.3. The minimum atomic E-state index is -0.549. The van der Waals surface area contributed by atoms with E-state index in [2.05, 4.69) is 34.9 Å². The average molecular weight is 621 g/mol. The Labute approximate surface area is 264 Å². The van der Waals surface area contributed by atoms with Crippen molar-refractivity contribution < 1.29 is 29.3 Å². The lowest BCUT2D eigenvalue weighted by molar-refractivity contribution is -0.245. The molecule has 3 aromatic carbocycles. The number of ether oxygens (including phenoxy) is 2. The smallest absolute Gasteiger partial charge is 0.220 e. The van der Waals surface area contributed by atoms with Gasteiger partial charge in [-0.25, -0.2) is 0 Å². The summed E-state index contributed by atoms with van der Waals surface area (Å²) in [6.45, 7) is 2.74. The zero-order chi connectivity index (χ0) is 31.1. The molecule has 0 bridgehead atoms. The molecule has 0 radical (unpaired) electrons. The molecule has 4 rings (SSSR count). The van der Waals surface area contributed by atoms with E-state index in [1.54, 1.807) is 11.8 Å². The summed E-state index contributed by atoms with van der Waals surface area (Å²) in [7, 11) is 0. The second-order valence-electron chi connectivity index (χ2n) is 11.0. The SMILES string of the molecule is CC(=O)NCCCCCC(=O)NCc1cccc(-c2cccc([C@@H]3O[C@H](CSCCO)C[C@H](c4ccc(CO)cc4)O3)c2)c1. The Kier molecular flexibility index (Phi) is 13.7. The molecule has 9 heteroatoms. The third-order valence-corrected chi connectivity index (χ3v) is 8.60. The van der Waals surface area contributed by atoms with Crippen molar-refractivity contribution >= 4 is 23.6 Å². The third-order valence-electron chi connectivity index (χ3n) is 7.52. The highest BCUT2D eigenvalue weighted by Gasteiger charge is 2.32. The van der Waals surface area contributed by atoms with Gasteiger partial charge in [0.05, 0.1) is 25.4 Å². The van der Waals surface area contributed by atoms with Crippen molar-refractivity contribution in [1.29, 1.82) is 0 Å². The van der Waals surface area contributed by atoms with E-state index in [0.717, 1.165) is 58.4 Å². The summed E-state index contributed by atoms with van der Waals surface area (Å²) in [6, 6.07) is 24.2. The number of carbonyl (C=O) groups is 2. The number of benzene rings is 3. The van der Waals surface area contributed by atoms with Gasteiger partial charge in [-0.05, 0) is 52.8 Å². The number of rotatable bonds is 16. The molecule has 1 aliphatic heterocycles. The lowest BCUT2D eigenvalue weighted by Crippen LogP contribution is -2.31. The molecule has 3 atom stereocenters. The number of thioether (sulfide) groups is 1. The Morgan fingerprint density at radius 2 is 1.64 bits per heavy atom. The van der Waals surface area contributed by atoms with Gasteiger partial charge in [0, 0.05) is 49.9 Å². The van der Waals surface area contributed by atoms with E-state index in [1.165, 1.54) is 6.92 Å². The van der Waals surface area contributed by atoms with Crippen LogP contribution >= 0.6 is 11.8 Å². The van der Waals surface area contributed by atoms with Crippen molar-refractivity contribution in [2.75, 3.05) is 24.7 Å². The predicted octanol–water partition coefficient (Wildman–Crippen LogP) is 5.43. The fourth-order valence-corrected chi connectivity index (χ4v) is 5.94. The number of nitrogens with one attached hydrogen (secondary N) is 2. The lowest BCUT2D eigenvalue weighted by atomic mass is 9.99. The van der Waals surface area contributed by atoms with Gasteiger partial charge in [0.25, 0.3) is 0 Å². The van der Waals surface area contributed by atoms with Crippen LogP contribution in [0.2, 0.25) is 0 Å². The van der Waals surface area contributed by atoms with Crippen LogP contribution < -0.4 is 10.6 Å². The molecule has 4 N–H and O–H groups in total. The van der Waals surface area contributed by atoms with Crippen LogP contribution in [0.1, 0.15) is 73.7 Å². The maximum absolute atomic E-state index is 12.4. The second-order valence-corrected chi connectivity index (χ2v) is 12.2. The first-order valence-corrected chi connectivity index (χ1v) is 16.5. The molecular weight excluding hydrogens is 576 g/mol. The summed E-state index contributed by atoms with van der Waals surface area (Å²) < 4.78 is 12.9. The third kappa shape index (κ3) is 10.7. The fourth-order valence-electron chi connectivity index (χ4n) is 5.17. The molecular formula is C35H44N2O6S. The summed E-state index contributed by atoms with van der Waals surface area (Å²) in [6.07, 6.45) is 2.98. The standard InChI is InChI=1S/C35H44N2O6S/c1-25(40)36-16-4-2-3-11-34(41)37-22-27-7-5-8-29(19-27)30-9-6-10-31(20-30)35-42-32(24-44-18-17-38)21-33(43-35)28-14-12-26(23-39)13-15-28/h5-10,12-15,19-20,32-33,35,38-39H,2-4,11,16-18,21-24H2,1H3,(H,36,40)(H,37,41)/t32-,33+,35+/m0/s1. The van der Waals surface area contributed by atoms with E-state index in [1.807, 2.05) is 48.5 Å². The van der Waals surface area contributed by atoms with Crippen LogP contribution in [0.4, 0.5) is 0 Å². The first kappa shape index (κ1) is 33.7. The van der Waals surface area contributed by atoms with Gasteiger partial charge in [-0.1, -0.05) is 67.1 Å². The number of hydrogen-bond acceptors (Lipinski definition) is 7. The summed E-state index contributed by atoms with van der Waals surface area (Å²) in [5.74, 6) is 1.42. The minimum Gasteiger partial charge on any atom is -0.396 e. The Balaban J connectivity index is 1.39. The quantitative estimate of drug-likeness (QED) is 0.158. The number of hydrogen-bond donors (Lipinski definition) is 4. The van der Waals surface area contributed by atoms with E-state index < -0.39 is 6.29 Å². The highest BCUT2D eigenvalue weighted by Crippen LogP contribution is 2.39. The van der Waals surface area contributed by atoms with Gasteiger partial charge in [-0.2, -0.15) is 11.8 Å². The molecule has 0 unspecified atom stereocenters. The Hall–Kier alpha value is -3.21. The van der Waals surface area contributed by atoms with Gasteiger partial charge in [-0.3, -0.25) is 9.59 Å². The molecule has 3 aromatic rings. The number of unbranched alkanes of at least 4 members (excludes halogenated alkanes) is 2. The largest absolute Gasteiger partial charge is 0.396 e. The van der Waals surface area contributed by atoms with E-state index in [-0.39, 0.29) is 37.2 Å². The summed E-state index contributed by atoms with van der Waals surface area (Å²) >= 11 is 1.67. The zero-order valence-corrected chi connectivity index (χ0v) is 26.2. The van der Waals surface area contributed by atoms with Crippen molar-refractivity contribution in [1.82, 2.24) is 10.6 Å². The topological polar surface area (TPSA) is 117 Å². The van der Waals surface area contributed by atoms with Gasteiger partial charge < -0.3 is 30.3 Å². The van der Waals surface area contributed by atoms with Crippen LogP contribution in [0.15, 0.2) is 72.8 Å². The van der Waals surface area contributed by atoms with Crippen LogP contribution in [-0.2, 0) is 32.2 Å². The van der Waals surface area contributed by atoms with E-state index in [9.17, 15) is 19.8 Å². The van der Waals surface area contributed by atoms with Gasteiger partial charge in [0.1, 0.15) is 0 Å². The first-order valence-electron chi connectivity index (χ1n) is 15.3. The Bertz CT molecular complexity index is 1330. The van der Waals surface area contributed by atoms with Crippen LogP contribution in [-0.4, -0.2) is 52.8 Å². The van der Waals surface area contributed by atoms with Crippen LogP contribution in [0, 0.1) is 0 Å². The Morgan fingerprint density at radius 1 is 0.864 bits per heavy atom. The monoisotopic (exact) mass is 620 g/mol.